The van der Waals surface area contributed by atoms with Crippen molar-refractivity contribution in [2.75, 3.05) is 105 Å². The van der Waals surface area contributed by atoms with E-state index in [9.17, 15) is 33.7 Å². The molecule has 0 saturated carbocycles. The molecule has 2 aliphatic rings. The van der Waals surface area contributed by atoms with E-state index in [1.54, 1.807) is 0 Å². The quantitative estimate of drug-likeness (QED) is 0.0193. The molecule has 7 N–H and O–H groups in total. The summed E-state index contributed by atoms with van der Waals surface area (Å²) in [4.78, 5) is 28.2. The Bertz CT molecular complexity index is 4540. The van der Waals surface area contributed by atoms with Gasteiger partial charge >= 0.3 is 20.5 Å². The molecule has 0 fully saturated rings. The predicted octanol–water partition coefficient (Wildman–Crippen LogP) is 12.9. The van der Waals surface area contributed by atoms with Crippen LogP contribution in [-0.2, 0) is 56.4 Å². The van der Waals surface area contributed by atoms with E-state index in [1.165, 1.54) is 0 Å². The molecule has 5 heterocycles. The summed E-state index contributed by atoms with van der Waals surface area (Å²) in [5.41, 5.74) is 16.1. The number of nitrogens with one attached hydrogen (secondary N) is 6. The molecular weight excluding hydrogens is 1460 g/mol. The average molecular weight is 1570 g/mol. The second-order valence-electron chi connectivity index (χ2n) is 27.6. The first kappa shape index (κ1) is 85.1. The number of aryl methyl sites for hydroxylation is 8. The molecule has 0 saturated heterocycles. The van der Waals surface area contributed by atoms with Crippen LogP contribution in [0.3, 0.4) is 0 Å². The van der Waals surface area contributed by atoms with Gasteiger partial charge in [-0.2, -0.15) is 0 Å². The molecule has 4 aromatic carbocycles. The third-order valence-electron chi connectivity index (χ3n) is 20.9. The molecule has 7 aromatic rings. The zero-order valence-corrected chi connectivity index (χ0v) is 70.1. The Morgan fingerprint density at radius 2 is 0.491 bits per heavy atom. The molecule has 0 amide bonds. The normalized spacial score (nSPS) is 12.8. The van der Waals surface area contributed by atoms with Gasteiger partial charge in [0.25, 0.3) is 0 Å². The van der Waals surface area contributed by atoms with E-state index in [0.29, 0.717) is 160 Å². The summed E-state index contributed by atoms with van der Waals surface area (Å²) in [6.07, 6.45) is 7.65. The molecule has 9 rings (SSSR count). The van der Waals surface area contributed by atoms with Crippen molar-refractivity contribution in [3.63, 3.8) is 0 Å². The second kappa shape index (κ2) is 35.9. The van der Waals surface area contributed by atoms with Gasteiger partial charge in [0, 0.05) is 96.7 Å². The van der Waals surface area contributed by atoms with Crippen molar-refractivity contribution < 1.29 is 54.2 Å². The number of benzene rings is 4. The molecule has 3 aromatic heterocycles. The van der Waals surface area contributed by atoms with Gasteiger partial charge in [-0.15, -0.1) is 0 Å². The molecule has 574 valence electrons. The summed E-state index contributed by atoms with van der Waals surface area (Å²) >= 11 is 1.94. The first-order valence-corrected chi connectivity index (χ1v) is 43.3. The first-order chi connectivity index (χ1) is 50.2. The van der Waals surface area contributed by atoms with Crippen molar-refractivity contribution in [3.8, 4) is 44.5 Å². The molecule has 0 unspecified atom stereocenters. The summed E-state index contributed by atoms with van der Waals surface area (Å²) in [6.45, 7) is 47.7. The molecule has 0 radical (unpaired) electrons. The van der Waals surface area contributed by atoms with E-state index in [4.69, 9.17) is 14.2 Å². The zero-order chi connectivity index (χ0) is 78.2. The Morgan fingerprint density at radius 3 is 0.660 bits per heavy atom. The number of H-pyrrole nitrogens is 2. The number of hydrogen-bond acceptors (Lipinski definition) is 15. The van der Waals surface area contributed by atoms with Crippen LogP contribution in [-0.4, -0.2) is 182 Å². The van der Waals surface area contributed by atoms with Crippen LogP contribution in [0.5, 0.6) is 0 Å². The molecule has 0 atom stereocenters. The van der Waals surface area contributed by atoms with E-state index in [0.717, 1.165) is 74.6 Å². The summed E-state index contributed by atoms with van der Waals surface area (Å²) < 4.78 is 138. The van der Waals surface area contributed by atoms with Gasteiger partial charge < -0.3 is 29.6 Å². The van der Waals surface area contributed by atoms with Gasteiger partial charge in [0.2, 0.25) is 40.1 Å². The Balaban J connectivity index is 0.00000703. The molecule has 0 aliphatic carbocycles. The van der Waals surface area contributed by atoms with E-state index < -0.39 is 40.1 Å². The summed E-state index contributed by atoms with van der Waals surface area (Å²) in [7, 11) is -16.6. The second-order valence-corrected chi connectivity index (χ2v) is 34.4. The number of likely N-dealkylation sites (N-methyl/N-ethyl adjacent to an activating group) is 4. The molecule has 26 heteroatoms. The van der Waals surface area contributed by atoms with Crippen molar-refractivity contribution in [1.82, 2.24) is 58.4 Å². The Labute approximate surface area is 640 Å². The van der Waals surface area contributed by atoms with Gasteiger partial charge in [-0.3, -0.25) is 0 Å². The molecule has 106 heavy (non-hydrogen) atoms. The van der Waals surface area contributed by atoms with Gasteiger partial charge in [-0.05, 0) is 273 Å². The standard InChI is InChI=1S/C80H110N12O8S4.Mn.H2O/c1-21-89(22-2)41-37-81-101(93,94)77-53(13)45-49(9)69(57(77)17)73-61-29-31-63(85-61)74(70-50(10)46-54(14)78(58(70)18)102(95,96)82-38-42-90(23-3)24-4)65-33-35-67(87-65)76(72-52(12)48-56(16)80(60(72)20)104(99,100)84-40-44-92(27-7)28-8)68-36-34-66(88-68)75(64-32-30-62(73)86-64)71-51(11)47-55(15)79(59(71)19)103(97,98)83-39-43-91(25-5)26-6;;/h29-36,45-48,81-85,88H,21-28,37-44H2,1-20H3;;1H2/q;+3;/p-1. The summed E-state index contributed by atoms with van der Waals surface area (Å²) in [5, 5.41) is 0. The van der Waals surface area contributed by atoms with Crippen molar-refractivity contribution in [2.45, 2.75) is 158 Å². The fourth-order valence-electron chi connectivity index (χ4n) is 15.9. The number of aromatic nitrogens is 4. The number of fused-ring (bicyclic) bond motifs is 8. The van der Waals surface area contributed by atoms with Crippen LogP contribution < -0.4 is 18.9 Å². The van der Waals surface area contributed by atoms with Gasteiger partial charge in [0.05, 0.1) is 42.4 Å². The van der Waals surface area contributed by atoms with Gasteiger partial charge in [0.15, 0.2) is 0 Å². The number of sulfonamides is 4. The van der Waals surface area contributed by atoms with Crippen LogP contribution in [0.15, 0.2) is 68.1 Å². The fraction of sp³-hybridized carbons (Fsp3) is 0.450. The zero-order valence-electron chi connectivity index (χ0n) is 65.6. The molecule has 8 bridgehead atoms. The minimum absolute atomic E-state index is 0.140. The number of rotatable bonds is 32. The monoisotopic (exact) mass is 1570 g/mol. The SMILES string of the molecule is CCN(CC)CCNS(=O)(=O)c1c(C)cc(C)c(-c2c3nc(c(-c4c(C)cc(C)c(S(=O)(=O)NCCN(CC)CC)c4C)c4ccc([nH]4)c(-c4c(C)cc(C)c(S(=O)(=O)NCCN(CC)CC)c4C)c4nc(c(-c5c(C)cc(C)c(S(=O)(=O)NCCN(CC)CC)c5C)c5ccc2[nH]5)C=C4)C=C3)c1C.[OH][Mn+2]. The molecule has 0 spiro atoms. The maximum absolute atomic E-state index is 15.0. The minimum atomic E-state index is -4.14. The van der Waals surface area contributed by atoms with Gasteiger partial charge in [-0.1, -0.05) is 79.7 Å². The van der Waals surface area contributed by atoms with Crippen LogP contribution in [0.4, 0.5) is 0 Å². The van der Waals surface area contributed by atoms with Crippen LogP contribution in [0.1, 0.15) is 145 Å². The van der Waals surface area contributed by atoms with Gasteiger partial charge in [-0.25, -0.2) is 62.5 Å². The fourth-order valence-corrected chi connectivity index (χ4v) is 21.9. The van der Waals surface area contributed by atoms with Crippen LogP contribution >= 0.6 is 0 Å². The first-order valence-electron chi connectivity index (χ1n) is 36.8. The summed E-state index contributed by atoms with van der Waals surface area (Å²) in [5.74, 6) is 0. The third kappa shape index (κ3) is 17.8. The average Bonchev–Trinajstić information content (AvgIpc) is 1.26. The van der Waals surface area contributed by atoms with E-state index in [2.05, 4.69) is 48.5 Å². The topological polar surface area (TPSA) is 275 Å². The molecular formula is C80H111MnN12O9S4+2. The van der Waals surface area contributed by atoms with Crippen molar-refractivity contribution in [2.24, 2.45) is 0 Å². The van der Waals surface area contributed by atoms with Crippen LogP contribution in [0.25, 0.3) is 90.9 Å². The Morgan fingerprint density at radius 1 is 0.311 bits per heavy atom. The van der Waals surface area contributed by atoms with E-state index in [-0.39, 0.29) is 45.8 Å². The van der Waals surface area contributed by atoms with E-state index >= 15 is 0 Å². The number of hydrogen-bond donors (Lipinski definition) is 7. The predicted molar refractivity (Wildman–Crippen MR) is 432 cm³/mol. The number of nitrogens with zero attached hydrogens (tertiary/aromatic N) is 6. The van der Waals surface area contributed by atoms with Crippen molar-refractivity contribution in [1.29, 1.82) is 0 Å². The molecule has 21 nitrogen and oxygen atoms in total. The Hall–Kier alpha value is -6.56. The third-order valence-corrected chi connectivity index (χ3v) is 27.9. The summed E-state index contributed by atoms with van der Waals surface area (Å²) in [6, 6.07) is 15.4. The van der Waals surface area contributed by atoms with Crippen molar-refractivity contribution >= 4 is 86.5 Å². The molecule has 2 aliphatic heterocycles. The Kier molecular flexibility index (Phi) is 28.8. The van der Waals surface area contributed by atoms with Crippen LogP contribution in [0.2, 0.25) is 0 Å². The number of aromatic amines is 2. The van der Waals surface area contributed by atoms with Crippen LogP contribution in [0, 0.1) is 83.1 Å². The van der Waals surface area contributed by atoms with E-state index in [1.807, 2.05) is 228 Å². The maximum atomic E-state index is 15.0. The van der Waals surface area contributed by atoms with Gasteiger partial charge in [0.1, 0.15) is 0 Å². The van der Waals surface area contributed by atoms with Crippen molar-refractivity contribution in [3.05, 3.63) is 138 Å².